The highest BCUT2D eigenvalue weighted by atomic mass is 16.5. The summed E-state index contributed by atoms with van der Waals surface area (Å²) < 4.78 is 4.61. The summed E-state index contributed by atoms with van der Waals surface area (Å²) >= 11 is 0. The summed E-state index contributed by atoms with van der Waals surface area (Å²) in [6.07, 6.45) is 0.0840. The van der Waals surface area contributed by atoms with Crippen LogP contribution >= 0.6 is 0 Å². The molecule has 1 N–H and O–H groups in total. The van der Waals surface area contributed by atoms with Gasteiger partial charge in [0.25, 0.3) is 0 Å². The molecule has 102 valence electrons. The van der Waals surface area contributed by atoms with E-state index in [-0.39, 0.29) is 18.3 Å². The number of amides is 1. The lowest BCUT2D eigenvalue weighted by molar-refractivity contribution is -0.146. The number of esters is 1. The molecule has 1 aliphatic heterocycles. The number of hydrogen-bond donors (Lipinski definition) is 1. The van der Waals surface area contributed by atoms with Crippen LogP contribution in [0, 0.1) is 0 Å². The van der Waals surface area contributed by atoms with E-state index in [1.807, 2.05) is 30.3 Å². The van der Waals surface area contributed by atoms with Gasteiger partial charge >= 0.3 is 5.97 Å². The number of carbonyl (C=O) groups is 2. The molecule has 0 saturated carbocycles. The second kappa shape index (κ2) is 6.33. The maximum atomic E-state index is 12.2. The first-order chi connectivity index (χ1) is 9.20. The van der Waals surface area contributed by atoms with Crippen molar-refractivity contribution >= 4 is 11.9 Å². The van der Waals surface area contributed by atoms with E-state index >= 15 is 0 Å². The lowest BCUT2D eigenvalue weighted by Crippen LogP contribution is -2.55. The molecule has 19 heavy (non-hydrogen) atoms. The van der Waals surface area contributed by atoms with Crippen molar-refractivity contribution < 1.29 is 14.3 Å². The molecule has 2 rings (SSSR count). The van der Waals surface area contributed by atoms with E-state index in [0.29, 0.717) is 19.6 Å². The number of rotatable bonds is 4. The minimum atomic E-state index is -0.468. The number of nitrogens with zero attached hydrogens (tertiary/aromatic N) is 1. The van der Waals surface area contributed by atoms with Gasteiger partial charge in [0.1, 0.15) is 0 Å². The number of carbonyl (C=O) groups excluding carboxylic acids is 2. The Morgan fingerprint density at radius 1 is 1.42 bits per heavy atom. The van der Waals surface area contributed by atoms with E-state index in [1.54, 1.807) is 4.90 Å². The molecule has 5 nitrogen and oxygen atoms in total. The summed E-state index contributed by atoms with van der Waals surface area (Å²) in [5, 5.41) is 3.06. The molecule has 0 bridgehead atoms. The van der Waals surface area contributed by atoms with Gasteiger partial charge in [-0.1, -0.05) is 30.3 Å². The molecule has 1 heterocycles. The van der Waals surface area contributed by atoms with Crippen LogP contribution in [0.2, 0.25) is 0 Å². The van der Waals surface area contributed by atoms with Crippen molar-refractivity contribution in [3.63, 3.8) is 0 Å². The molecule has 0 aliphatic carbocycles. The highest BCUT2D eigenvalue weighted by Gasteiger charge is 2.30. The largest absolute Gasteiger partial charge is 0.469 e. The topological polar surface area (TPSA) is 58.6 Å². The van der Waals surface area contributed by atoms with E-state index < -0.39 is 6.04 Å². The fraction of sp³-hybridized carbons (Fsp3) is 0.429. The number of benzene rings is 1. The molecule has 0 unspecified atom stereocenters. The molecule has 0 aromatic heterocycles. The molecule has 1 fully saturated rings. The lowest BCUT2D eigenvalue weighted by atomic mass is 10.1. The Kier molecular flexibility index (Phi) is 4.52. The minimum absolute atomic E-state index is 0.0412. The summed E-state index contributed by atoms with van der Waals surface area (Å²) in [6, 6.07) is 9.37. The zero-order valence-corrected chi connectivity index (χ0v) is 11.0. The average Bonchev–Trinajstić information content (AvgIpc) is 2.44. The van der Waals surface area contributed by atoms with Crippen molar-refractivity contribution in [2.45, 2.75) is 19.0 Å². The number of piperazine rings is 1. The van der Waals surface area contributed by atoms with Crippen LogP contribution in [0.15, 0.2) is 30.3 Å². The van der Waals surface area contributed by atoms with Crippen LogP contribution in [0.3, 0.4) is 0 Å². The lowest BCUT2D eigenvalue weighted by Gasteiger charge is -2.32. The summed E-state index contributed by atoms with van der Waals surface area (Å²) in [5.74, 6) is -0.409. The second-order valence-electron chi connectivity index (χ2n) is 4.53. The van der Waals surface area contributed by atoms with Gasteiger partial charge in [-0.05, 0) is 5.56 Å². The number of methoxy groups -OCH3 is 1. The Morgan fingerprint density at radius 2 is 2.16 bits per heavy atom. The number of ether oxygens (including phenoxy) is 1. The SMILES string of the molecule is COC(=O)C[C@@H]1NCCN(Cc2ccccc2)C1=O. The van der Waals surface area contributed by atoms with E-state index in [2.05, 4.69) is 10.1 Å². The molecular weight excluding hydrogens is 244 g/mol. The Balaban J connectivity index is 1.98. The highest BCUT2D eigenvalue weighted by molar-refractivity contribution is 5.87. The molecule has 1 aromatic rings. The fourth-order valence-electron chi connectivity index (χ4n) is 2.16. The van der Waals surface area contributed by atoms with Crippen LogP contribution in [0.5, 0.6) is 0 Å². The van der Waals surface area contributed by atoms with Crippen molar-refractivity contribution in [2.75, 3.05) is 20.2 Å². The van der Waals surface area contributed by atoms with Crippen molar-refractivity contribution in [1.82, 2.24) is 10.2 Å². The first-order valence-electron chi connectivity index (χ1n) is 6.33. The first kappa shape index (κ1) is 13.5. The standard InChI is InChI=1S/C14H18N2O3/c1-19-13(17)9-12-14(18)16(8-7-15-12)10-11-5-3-2-4-6-11/h2-6,12,15H,7-10H2,1H3/t12-/m0/s1. The van der Waals surface area contributed by atoms with Crippen LogP contribution in [0.1, 0.15) is 12.0 Å². The Bertz CT molecular complexity index is 447. The molecule has 1 amide bonds. The van der Waals surface area contributed by atoms with Gasteiger partial charge in [-0.2, -0.15) is 0 Å². The Hall–Kier alpha value is -1.88. The van der Waals surface area contributed by atoms with E-state index in [4.69, 9.17) is 0 Å². The van der Waals surface area contributed by atoms with Gasteiger partial charge in [0.2, 0.25) is 5.91 Å². The molecule has 1 aliphatic rings. The average molecular weight is 262 g/mol. The van der Waals surface area contributed by atoms with Gasteiger partial charge in [0.05, 0.1) is 19.6 Å². The molecule has 0 radical (unpaired) electrons. The third-order valence-corrected chi connectivity index (χ3v) is 3.20. The summed E-state index contributed by atoms with van der Waals surface area (Å²) in [5.41, 5.74) is 1.09. The van der Waals surface area contributed by atoms with Crippen molar-refractivity contribution in [2.24, 2.45) is 0 Å². The molecule has 1 atom stereocenters. The van der Waals surface area contributed by atoms with Crippen molar-refractivity contribution in [3.05, 3.63) is 35.9 Å². The molecule has 1 saturated heterocycles. The Morgan fingerprint density at radius 3 is 2.84 bits per heavy atom. The molecule has 5 heteroatoms. The molecule has 0 spiro atoms. The highest BCUT2D eigenvalue weighted by Crippen LogP contribution is 2.10. The summed E-state index contributed by atoms with van der Waals surface area (Å²) in [7, 11) is 1.33. The van der Waals surface area contributed by atoms with Gasteiger partial charge in [0.15, 0.2) is 0 Å². The van der Waals surface area contributed by atoms with Gasteiger partial charge < -0.3 is 15.0 Å². The predicted octanol–water partition coefficient (Wildman–Crippen LogP) is 0.550. The van der Waals surface area contributed by atoms with E-state index in [9.17, 15) is 9.59 Å². The third-order valence-electron chi connectivity index (χ3n) is 3.20. The number of hydrogen-bond acceptors (Lipinski definition) is 4. The Labute approximate surface area is 112 Å². The fourth-order valence-corrected chi connectivity index (χ4v) is 2.16. The van der Waals surface area contributed by atoms with Crippen LogP contribution < -0.4 is 5.32 Å². The third kappa shape index (κ3) is 3.54. The minimum Gasteiger partial charge on any atom is -0.469 e. The van der Waals surface area contributed by atoms with Crippen LogP contribution in [-0.4, -0.2) is 43.0 Å². The maximum Gasteiger partial charge on any atom is 0.307 e. The van der Waals surface area contributed by atoms with Crippen LogP contribution in [0.4, 0.5) is 0 Å². The summed E-state index contributed by atoms with van der Waals surface area (Å²) in [4.78, 5) is 25.3. The molecule has 1 aromatic carbocycles. The zero-order valence-electron chi connectivity index (χ0n) is 11.0. The number of nitrogens with one attached hydrogen (secondary N) is 1. The van der Waals surface area contributed by atoms with Gasteiger partial charge in [-0.3, -0.25) is 9.59 Å². The summed E-state index contributed by atoms with van der Waals surface area (Å²) in [6.45, 7) is 1.94. The van der Waals surface area contributed by atoms with Crippen molar-refractivity contribution in [3.8, 4) is 0 Å². The van der Waals surface area contributed by atoms with Gasteiger partial charge in [0, 0.05) is 19.6 Å². The van der Waals surface area contributed by atoms with E-state index in [0.717, 1.165) is 5.56 Å². The maximum absolute atomic E-state index is 12.2. The molecular formula is C14H18N2O3. The van der Waals surface area contributed by atoms with Gasteiger partial charge in [-0.25, -0.2) is 0 Å². The quantitative estimate of drug-likeness (QED) is 0.805. The first-order valence-corrected chi connectivity index (χ1v) is 6.33. The monoisotopic (exact) mass is 262 g/mol. The zero-order chi connectivity index (χ0) is 13.7. The second-order valence-corrected chi connectivity index (χ2v) is 4.53. The van der Waals surface area contributed by atoms with Crippen molar-refractivity contribution in [1.29, 1.82) is 0 Å². The normalized spacial score (nSPS) is 19.3. The van der Waals surface area contributed by atoms with Crippen LogP contribution in [0.25, 0.3) is 0 Å². The smallest absolute Gasteiger partial charge is 0.307 e. The van der Waals surface area contributed by atoms with E-state index in [1.165, 1.54) is 7.11 Å². The van der Waals surface area contributed by atoms with Gasteiger partial charge in [-0.15, -0.1) is 0 Å². The predicted molar refractivity (Wildman–Crippen MR) is 70.3 cm³/mol. The van der Waals surface area contributed by atoms with Crippen LogP contribution in [-0.2, 0) is 20.9 Å².